The van der Waals surface area contributed by atoms with Gasteiger partial charge in [-0.1, -0.05) is 11.6 Å². The maximum atomic E-state index is 12.4. The topological polar surface area (TPSA) is 88.0 Å². The van der Waals surface area contributed by atoms with Crippen molar-refractivity contribution in [2.24, 2.45) is 0 Å². The molecule has 9 heteroatoms. The molecule has 8 nitrogen and oxygen atoms in total. The number of likely N-dealkylation sites (tertiary alicyclic amines) is 1. The van der Waals surface area contributed by atoms with E-state index in [2.05, 4.69) is 15.6 Å². The van der Waals surface area contributed by atoms with Crippen LogP contribution in [0.5, 0.6) is 0 Å². The number of halogens is 1. The molecule has 1 aliphatic heterocycles. The number of hydrogen-bond acceptors (Lipinski definition) is 4. The molecule has 158 valence electrons. The van der Waals surface area contributed by atoms with Gasteiger partial charge in [0.05, 0.1) is 23.3 Å². The van der Waals surface area contributed by atoms with Crippen molar-refractivity contribution >= 4 is 29.4 Å². The number of rotatable bonds is 4. The zero-order chi connectivity index (χ0) is 21.0. The van der Waals surface area contributed by atoms with Crippen LogP contribution in [0, 0.1) is 0 Å². The summed E-state index contributed by atoms with van der Waals surface area (Å²) >= 11 is 5.97. The second kappa shape index (κ2) is 8.90. The van der Waals surface area contributed by atoms with Crippen LogP contribution in [-0.2, 0) is 11.3 Å². The number of amides is 3. The molecule has 3 amide bonds. The lowest BCUT2D eigenvalue weighted by molar-refractivity contribution is 0.0102. The molecule has 0 bridgehead atoms. The zero-order valence-corrected chi connectivity index (χ0v) is 17.8. The number of nitrogens with zero attached hydrogens (tertiary/aromatic N) is 3. The number of fused-ring (bicyclic) bond motifs is 1. The Balaban J connectivity index is 1.49. The Bertz CT molecular complexity index is 877. The van der Waals surface area contributed by atoms with E-state index in [-0.39, 0.29) is 18.2 Å². The van der Waals surface area contributed by atoms with Gasteiger partial charge >= 0.3 is 12.1 Å². The van der Waals surface area contributed by atoms with E-state index < -0.39 is 5.60 Å². The summed E-state index contributed by atoms with van der Waals surface area (Å²) < 4.78 is 7.31. The number of aromatic nitrogens is 2. The first-order valence-electron chi connectivity index (χ1n) is 9.86. The molecule has 0 saturated carbocycles. The molecule has 1 saturated heterocycles. The molecular formula is C20H28ClN5O3. The number of piperidine rings is 1. The van der Waals surface area contributed by atoms with E-state index in [1.54, 1.807) is 17.2 Å². The van der Waals surface area contributed by atoms with Gasteiger partial charge in [-0.2, -0.15) is 0 Å². The molecule has 1 aliphatic rings. The zero-order valence-electron chi connectivity index (χ0n) is 17.1. The number of urea groups is 1. The Morgan fingerprint density at radius 1 is 1.24 bits per heavy atom. The van der Waals surface area contributed by atoms with Gasteiger partial charge in [-0.3, -0.25) is 0 Å². The second-order valence-electron chi connectivity index (χ2n) is 8.23. The van der Waals surface area contributed by atoms with Crippen molar-refractivity contribution in [1.29, 1.82) is 0 Å². The Hall–Kier alpha value is -2.48. The summed E-state index contributed by atoms with van der Waals surface area (Å²) in [6, 6.07) is 3.23. The summed E-state index contributed by atoms with van der Waals surface area (Å²) in [7, 11) is 0. The lowest BCUT2D eigenvalue weighted by Gasteiger charge is -2.36. The summed E-state index contributed by atoms with van der Waals surface area (Å²) in [6.45, 7) is 6.87. The average molecular weight is 422 g/mol. The van der Waals surface area contributed by atoms with Crippen LogP contribution < -0.4 is 10.6 Å². The molecular weight excluding hydrogens is 394 g/mol. The van der Waals surface area contributed by atoms with Gasteiger partial charge in [0.1, 0.15) is 11.2 Å². The minimum absolute atomic E-state index is 0.0679. The molecule has 0 radical (unpaired) electrons. The minimum Gasteiger partial charge on any atom is -0.444 e. The Morgan fingerprint density at radius 3 is 2.79 bits per heavy atom. The molecule has 1 fully saturated rings. The van der Waals surface area contributed by atoms with Gasteiger partial charge in [-0.05, 0) is 52.2 Å². The number of ether oxygens (including phenoxy) is 1. The normalized spacial score (nSPS) is 17.2. The third-order valence-electron chi connectivity index (χ3n) is 4.65. The fourth-order valence-electron chi connectivity index (χ4n) is 3.32. The van der Waals surface area contributed by atoms with Crippen LogP contribution in [0.2, 0.25) is 5.02 Å². The molecule has 0 aliphatic carbocycles. The Morgan fingerprint density at radius 2 is 2.03 bits per heavy atom. The molecule has 29 heavy (non-hydrogen) atoms. The van der Waals surface area contributed by atoms with E-state index >= 15 is 0 Å². The summed E-state index contributed by atoms with van der Waals surface area (Å²) in [6.07, 6.45) is 6.07. The fraction of sp³-hybridized carbons (Fsp3) is 0.550. The quantitative estimate of drug-likeness (QED) is 0.789. The summed E-state index contributed by atoms with van der Waals surface area (Å²) in [5.74, 6) is 0. The lowest BCUT2D eigenvalue weighted by atomic mass is 10.0. The van der Waals surface area contributed by atoms with Gasteiger partial charge in [0.15, 0.2) is 0 Å². The van der Waals surface area contributed by atoms with Crippen molar-refractivity contribution in [3.8, 4) is 0 Å². The Kier molecular flexibility index (Phi) is 6.52. The van der Waals surface area contributed by atoms with Crippen LogP contribution in [-0.4, -0.2) is 51.1 Å². The van der Waals surface area contributed by atoms with Crippen LogP contribution in [0.1, 0.15) is 45.7 Å². The second-order valence-corrected chi connectivity index (χ2v) is 8.67. The predicted octanol–water partition coefficient (Wildman–Crippen LogP) is 3.58. The highest BCUT2D eigenvalue weighted by Crippen LogP contribution is 2.20. The number of hydrogen-bond donors (Lipinski definition) is 2. The van der Waals surface area contributed by atoms with E-state index in [0.717, 1.165) is 30.6 Å². The minimum atomic E-state index is -0.539. The number of carbonyl (C=O) groups is 2. The molecule has 3 heterocycles. The monoisotopic (exact) mass is 421 g/mol. The van der Waals surface area contributed by atoms with Crippen LogP contribution in [0.15, 0.2) is 24.5 Å². The third kappa shape index (κ3) is 6.00. The van der Waals surface area contributed by atoms with Crippen molar-refractivity contribution in [3.05, 3.63) is 35.2 Å². The molecule has 0 aromatic carbocycles. The van der Waals surface area contributed by atoms with E-state index in [9.17, 15) is 9.59 Å². The fourth-order valence-corrected chi connectivity index (χ4v) is 3.49. The lowest BCUT2D eigenvalue weighted by Crippen LogP contribution is -2.51. The highest BCUT2D eigenvalue weighted by atomic mass is 35.5. The third-order valence-corrected chi connectivity index (χ3v) is 4.87. The SMILES string of the molecule is CC(C)(C)OC(=O)N1CCCCC1CNC(=O)NCc1cn2cc(Cl)ccc2n1. The molecule has 3 rings (SSSR count). The first-order chi connectivity index (χ1) is 13.7. The summed E-state index contributed by atoms with van der Waals surface area (Å²) in [4.78, 5) is 30.8. The van der Waals surface area contributed by atoms with Gasteiger partial charge < -0.3 is 24.7 Å². The van der Waals surface area contributed by atoms with Crippen molar-refractivity contribution < 1.29 is 14.3 Å². The van der Waals surface area contributed by atoms with Crippen LogP contribution in [0.4, 0.5) is 9.59 Å². The first-order valence-corrected chi connectivity index (χ1v) is 10.2. The Labute approximate surface area is 175 Å². The smallest absolute Gasteiger partial charge is 0.410 e. The predicted molar refractivity (Wildman–Crippen MR) is 111 cm³/mol. The van der Waals surface area contributed by atoms with E-state index in [4.69, 9.17) is 16.3 Å². The van der Waals surface area contributed by atoms with Gasteiger partial charge in [0.2, 0.25) is 0 Å². The van der Waals surface area contributed by atoms with Crippen molar-refractivity contribution in [3.63, 3.8) is 0 Å². The largest absolute Gasteiger partial charge is 0.444 e. The van der Waals surface area contributed by atoms with Crippen LogP contribution in [0.25, 0.3) is 5.65 Å². The average Bonchev–Trinajstić information content (AvgIpc) is 3.05. The van der Waals surface area contributed by atoms with Crippen molar-refractivity contribution in [2.75, 3.05) is 13.1 Å². The number of pyridine rings is 1. The van der Waals surface area contributed by atoms with Crippen molar-refractivity contribution in [1.82, 2.24) is 24.9 Å². The van der Waals surface area contributed by atoms with E-state index in [1.807, 2.05) is 37.4 Å². The molecule has 1 unspecified atom stereocenters. The summed E-state index contributed by atoms with van der Waals surface area (Å²) in [5, 5.41) is 6.28. The van der Waals surface area contributed by atoms with Gasteiger partial charge in [0.25, 0.3) is 0 Å². The maximum Gasteiger partial charge on any atom is 0.410 e. The maximum absolute atomic E-state index is 12.4. The number of imidazole rings is 1. The number of nitrogens with one attached hydrogen (secondary N) is 2. The highest BCUT2D eigenvalue weighted by Gasteiger charge is 2.30. The number of carbonyl (C=O) groups excluding carboxylic acids is 2. The molecule has 2 N–H and O–H groups in total. The van der Waals surface area contributed by atoms with Gasteiger partial charge in [0, 0.05) is 25.5 Å². The van der Waals surface area contributed by atoms with Gasteiger partial charge in [-0.15, -0.1) is 0 Å². The molecule has 2 aromatic heterocycles. The van der Waals surface area contributed by atoms with Crippen LogP contribution in [0.3, 0.4) is 0 Å². The molecule has 2 aromatic rings. The molecule has 0 spiro atoms. The van der Waals surface area contributed by atoms with Gasteiger partial charge in [-0.25, -0.2) is 14.6 Å². The van der Waals surface area contributed by atoms with E-state index in [0.29, 0.717) is 24.7 Å². The van der Waals surface area contributed by atoms with E-state index in [1.165, 1.54) is 0 Å². The summed E-state index contributed by atoms with van der Waals surface area (Å²) in [5.41, 5.74) is 0.958. The molecule has 1 atom stereocenters. The van der Waals surface area contributed by atoms with Crippen molar-refractivity contribution in [2.45, 2.75) is 58.2 Å². The van der Waals surface area contributed by atoms with Crippen LogP contribution >= 0.6 is 11.6 Å². The first kappa shape index (κ1) is 21.2. The standard InChI is InChI=1S/C20H28ClN5O3/c1-20(2,3)29-19(28)26-9-5-4-6-16(26)11-23-18(27)22-10-15-13-25-12-14(21)7-8-17(25)24-15/h7-8,12-13,16H,4-6,9-11H2,1-3H3,(H2,22,23,27). The highest BCUT2D eigenvalue weighted by molar-refractivity contribution is 6.30.